The number of fused-ring (bicyclic) bond motifs is 1. The Hall–Kier alpha value is -3.48. The minimum atomic E-state index is -0.120. The second kappa shape index (κ2) is 6.20. The number of amides is 1. The molecule has 25 heavy (non-hydrogen) atoms. The number of hydrogen-bond donors (Lipinski definition) is 2. The summed E-state index contributed by atoms with van der Waals surface area (Å²) in [6.07, 6.45) is 1.53. The van der Waals surface area contributed by atoms with Gasteiger partial charge in [0.15, 0.2) is 0 Å². The fourth-order valence-electron chi connectivity index (χ4n) is 2.83. The van der Waals surface area contributed by atoms with E-state index in [-0.39, 0.29) is 5.91 Å². The van der Waals surface area contributed by atoms with E-state index in [4.69, 9.17) is 0 Å². The van der Waals surface area contributed by atoms with Crippen LogP contribution < -0.4 is 5.32 Å². The molecule has 0 atom stereocenters. The van der Waals surface area contributed by atoms with Gasteiger partial charge < -0.3 is 10.3 Å². The summed E-state index contributed by atoms with van der Waals surface area (Å²) >= 11 is 0. The highest BCUT2D eigenvalue weighted by molar-refractivity contribution is 5.94. The number of nitrogens with one attached hydrogen (secondary N) is 2. The number of aromatic nitrogens is 5. The quantitative estimate of drug-likeness (QED) is 0.600. The number of para-hydroxylation sites is 1. The molecule has 0 aliphatic rings. The molecule has 0 saturated heterocycles. The molecule has 0 fully saturated rings. The topological polar surface area (TPSA) is 88.5 Å². The third-order valence-corrected chi connectivity index (χ3v) is 4.08. The molecule has 4 aromatic rings. The molecule has 0 spiro atoms. The summed E-state index contributed by atoms with van der Waals surface area (Å²) in [7, 11) is 0. The van der Waals surface area contributed by atoms with Crippen LogP contribution in [0.25, 0.3) is 16.6 Å². The van der Waals surface area contributed by atoms with Gasteiger partial charge in [-0.25, -0.2) is 4.68 Å². The Balaban J connectivity index is 1.48. The summed E-state index contributed by atoms with van der Waals surface area (Å²) in [6, 6.07) is 15.5. The van der Waals surface area contributed by atoms with Crippen LogP contribution in [-0.4, -0.2) is 31.1 Å². The van der Waals surface area contributed by atoms with Crippen molar-refractivity contribution >= 4 is 16.8 Å². The Morgan fingerprint density at radius 2 is 2.08 bits per heavy atom. The van der Waals surface area contributed by atoms with E-state index >= 15 is 0 Å². The van der Waals surface area contributed by atoms with Gasteiger partial charge in [-0.3, -0.25) is 4.79 Å². The van der Waals surface area contributed by atoms with Gasteiger partial charge in [-0.05, 0) is 58.6 Å². The van der Waals surface area contributed by atoms with Crippen LogP contribution in [0.15, 0.2) is 54.9 Å². The lowest BCUT2D eigenvalue weighted by Gasteiger charge is -2.08. The van der Waals surface area contributed by atoms with Crippen LogP contribution in [0.1, 0.15) is 21.6 Å². The molecule has 2 heterocycles. The molecule has 7 heteroatoms. The monoisotopic (exact) mass is 332 g/mol. The van der Waals surface area contributed by atoms with Gasteiger partial charge in [-0.1, -0.05) is 18.2 Å². The van der Waals surface area contributed by atoms with Crippen LogP contribution in [0.2, 0.25) is 0 Å². The first-order valence-corrected chi connectivity index (χ1v) is 7.89. The molecule has 7 nitrogen and oxygen atoms in total. The number of carbonyl (C=O) groups excluding carboxylic acids is 1. The maximum atomic E-state index is 12.4. The fourth-order valence-corrected chi connectivity index (χ4v) is 2.83. The van der Waals surface area contributed by atoms with Crippen LogP contribution in [0, 0.1) is 6.92 Å². The summed E-state index contributed by atoms with van der Waals surface area (Å²) in [6.45, 7) is 2.37. The smallest absolute Gasteiger partial charge is 0.251 e. The number of aromatic amines is 1. The normalized spacial score (nSPS) is 10.9. The molecular weight excluding hydrogens is 316 g/mol. The van der Waals surface area contributed by atoms with Gasteiger partial charge in [0.2, 0.25) is 0 Å². The fraction of sp³-hybridized carbons (Fsp3) is 0.111. The van der Waals surface area contributed by atoms with Crippen LogP contribution in [0.3, 0.4) is 0 Å². The zero-order valence-electron chi connectivity index (χ0n) is 13.6. The van der Waals surface area contributed by atoms with Crippen molar-refractivity contribution in [2.75, 3.05) is 0 Å². The number of tetrazole rings is 1. The highest BCUT2D eigenvalue weighted by Crippen LogP contribution is 2.16. The summed E-state index contributed by atoms with van der Waals surface area (Å²) in [4.78, 5) is 15.7. The summed E-state index contributed by atoms with van der Waals surface area (Å²) in [5.74, 6) is -0.120. The van der Waals surface area contributed by atoms with E-state index in [1.165, 1.54) is 6.33 Å². The van der Waals surface area contributed by atoms with E-state index in [1.54, 1.807) is 10.7 Å². The van der Waals surface area contributed by atoms with Gasteiger partial charge in [-0.15, -0.1) is 5.10 Å². The molecule has 0 aliphatic heterocycles. The molecule has 1 amide bonds. The van der Waals surface area contributed by atoms with Crippen LogP contribution in [-0.2, 0) is 6.54 Å². The highest BCUT2D eigenvalue weighted by Gasteiger charge is 2.10. The molecule has 2 N–H and O–H groups in total. The third-order valence-electron chi connectivity index (χ3n) is 4.08. The first kappa shape index (κ1) is 15.1. The molecule has 0 aliphatic carbocycles. The first-order valence-electron chi connectivity index (χ1n) is 7.89. The lowest BCUT2D eigenvalue weighted by molar-refractivity contribution is 0.0950. The second-order valence-electron chi connectivity index (χ2n) is 5.82. The summed E-state index contributed by atoms with van der Waals surface area (Å²) in [5, 5.41) is 15.2. The maximum Gasteiger partial charge on any atom is 0.251 e. The Bertz CT molecular complexity index is 1000. The minimum absolute atomic E-state index is 0.120. The first-order chi connectivity index (χ1) is 12.2. The van der Waals surface area contributed by atoms with E-state index < -0.39 is 0 Å². The largest absolute Gasteiger partial charge is 0.357 e. The number of carbonyl (C=O) groups is 1. The van der Waals surface area contributed by atoms with Crippen molar-refractivity contribution in [3.8, 4) is 5.69 Å². The number of H-pyrrole nitrogens is 1. The number of aryl methyl sites for hydroxylation is 1. The van der Waals surface area contributed by atoms with Gasteiger partial charge in [0.05, 0.1) is 12.2 Å². The molecule has 0 radical (unpaired) electrons. The number of rotatable bonds is 4. The zero-order valence-corrected chi connectivity index (χ0v) is 13.6. The van der Waals surface area contributed by atoms with Crippen molar-refractivity contribution in [3.63, 3.8) is 0 Å². The number of nitrogens with zero attached hydrogens (tertiary/aromatic N) is 4. The van der Waals surface area contributed by atoms with Gasteiger partial charge in [0, 0.05) is 16.8 Å². The molecule has 0 unspecified atom stereocenters. The molecule has 0 saturated carbocycles. The predicted octanol–water partition coefficient (Wildman–Crippen LogP) is 2.38. The lowest BCUT2D eigenvalue weighted by atomic mass is 10.1. The highest BCUT2D eigenvalue weighted by atomic mass is 16.1. The predicted molar refractivity (Wildman–Crippen MR) is 93.4 cm³/mol. The standard InChI is InChI=1S/C18H16N6O/c1-12-8-14(6-7-17(12)24-11-20-22-23-24)18(25)19-10-15-9-13-4-2-3-5-16(13)21-15/h2-9,11,21H,10H2,1H3,(H,19,25). The van der Waals surface area contributed by atoms with Crippen LogP contribution in [0.4, 0.5) is 0 Å². The van der Waals surface area contributed by atoms with E-state index in [0.717, 1.165) is 27.8 Å². The average Bonchev–Trinajstić information content (AvgIpc) is 3.28. The summed E-state index contributed by atoms with van der Waals surface area (Å²) < 4.78 is 1.57. The van der Waals surface area contributed by atoms with Crippen molar-refractivity contribution in [2.24, 2.45) is 0 Å². The van der Waals surface area contributed by atoms with Crippen molar-refractivity contribution in [1.82, 2.24) is 30.5 Å². The van der Waals surface area contributed by atoms with E-state index in [0.29, 0.717) is 12.1 Å². The van der Waals surface area contributed by atoms with Gasteiger partial charge in [-0.2, -0.15) is 0 Å². The molecule has 2 aromatic carbocycles. The third kappa shape index (κ3) is 2.99. The van der Waals surface area contributed by atoms with Gasteiger partial charge in [0.25, 0.3) is 5.91 Å². The van der Waals surface area contributed by atoms with E-state index in [1.807, 2.05) is 49.4 Å². The van der Waals surface area contributed by atoms with Gasteiger partial charge in [0.1, 0.15) is 6.33 Å². The van der Waals surface area contributed by atoms with Crippen molar-refractivity contribution in [1.29, 1.82) is 0 Å². The molecular formula is C18H16N6O. The molecule has 4 rings (SSSR count). The van der Waals surface area contributed by atoms with E-state index in [2.05, 4.69) is 25.8 Å². The zero-order chi connectivity index (χ0) is 17.2. The molecule has 0 bridgehead atoms. The average molecular weight is 332 g/mol. The summed E-state index contributed by atoms with van der Waals surface area (Å²) in [5.41, 5.74) is 4.40. The van der Waals surface area contributed by atoms with Gasteiger partial charge >= 0.3 is 0 Å². The van der Waals surface area contributed by atoms with Crippen molar-refractivity contribution < 1.29 is 4.79 Å². The Kier molecular flexibility index (Phi) is 3.74. The SMILES string of the molecule is Cc1cc(C(=O)NCc2cc3ccccc3[nH]2)ccc1-n1cnnn1. The lowest BCUT2D eigenvalue weighted by Crippen LogP contribution is -2.23. The van der Waals surface area contributed by atoms with Crippen LogP contribution >= 0.6 is 0 Å². The van der Waals surface area contributed by atoms with Crippen molar-refractivity contribution in [2.45, 2.75) is 13.5 Å². The number of hydrogen-bond acceptors (Lipinski definition) is 4. The van der Waals surface area contributed by atoms with E-state index in [9.17, 15) is 4.79 Å². The Morgan fingerprint density at radius 3 is 2.84 bits per heavy atom. The maximum absolute atomic E-state index is 12.4. The molecule has 124 valence electrons. The van der Waals surface area contributed by atoms with Crippen molar-refractivity contribution in [3.05, 3.63) is 71.7 Å². The Morgan fingerprint density at radius 1 is 1.20 bits per heavy atom. The molecule has 2 aromatic heterocycles. The second-order valence-corrected chi connectivity index (χ2v) is 5.82. The number of benzene rings is 2. The Labute approximate surface area is 143 Å². The minimum Gasteiger partial charge on any atom is -0.357 e. The van der Waals surface area contributed by atoms with Crippen LogP contribution in [0.5, 0.6) is 0 Å².